The second-order valence-electron chi connectivity index (χ2n) is 4.56. The van der Waals surface area contributed by atoms with E-state index in [9.17, 15) is 0 Å². The monoisotopic (exact) mass is 220 g/mol. The Morgan fingerprint density at radius 3 is 2.56 bits per heavy atom. The molecular weight excluding hydrogens is 200 g/mol. The minimum absolute atomic E-state index is 0.523. The number of hydrogen-bond acceptors (Lipinski definition) is 4. The van der Waals surface area contributed by atoms with Crippen molar-refractivity contribution in [1.29, 1.82) is 0 Å². The molecule has 1 aliphatic rings. The predicted octanol–water partition coefficient (Wildman–Crippen LogP) is 1.28. The van der Waals surface area contributed by atoms with Crippen LogP contribution in [0.3, 0.4) is 0 Å². The lowest BCUT2D eigenvalue weighted by Gasteiger charge is -2.31. The summed E-state index contributed by atoms with van der Waals surface area (Å²) in [6.07, 6.45) is 2.46. The summed E-state index contributed by atoms with van der Waals surface area (Å²) in [7, 11) is 2.09. The van der Waals surface area contributed by atoms with Crippen molar-refractivity contribution >= 4 is 5.95 Å². The summed E-state index contributed by atoms with van der Waals surface area (Å²) in [5.74, 6) is 0.853. The van der Waals surface area contributed by atoms with Gasteiger partial charge < -0.3 is 10.2 Å². The molecule has 0 spiro atoms. The topological polar surface area (TPSA) is 41.1 Å². The van der Waals surface area contributed by atoms with Gasteiger partial charge in [0.2, 0.25) is 5.95 Å². The van der Waals surface area contributed by atoms with Gasteiger partial charge in [-0.05, 0) is 39.3 Å². The number of aryl methyl sites for hydroxylation is 2. The van der Waals surface area contributed by atoms with Gasteiger partial charge in [-0.2, -0.15) is 0 Å². The van der Waals surface area contributed by atoms with Gasteiger partial charge in [-0.25, -0.2) is 9.97 Å². The van der Waals surface area contributed by atoms with E-state index in [1.54, 1.807) is 0 Å². The summed E-state index contributed by atoms with van der Waals surface area (Å²) < 4.78 is 0. The molecule has 1 atom stereocenters. The molecular formula is C12H20N4. The van der Waals surface area contributed by atoms with Crippen LogP contribution >= 0.6 is 0 Å². The van der Waals surface area contributed by atoms with Crippen LogP contribution in [0.2, 0.25) is 0 Å². The van der Waals surface area contributed by atoms with Crippen LogP contribution in [0.25, 0.3) is 0 Å². The standard InChI is InChI=1S/C12H20N4/c1-9-7-10(2)15-12(14-9)16(3)11-5-4-6-13-8-11/h7,11,13H,4-6,8H2,1-3H3/t11-/m1/s1. The third kappa shape index (κ3) is 2.50. The van der Waals surface area contributed by atoms with E-state index < -0.39 is 0 Å². The maximum absolute atomic E-state index is 4.50. The molecule has 0 bridgehead atoms. The molecule has 1 N–H and O–H groups in total. The number of piperidine rings is 1. The first-order valence-electron chi connectivity index (χ1n) is 5.92. The molecule has 1 saturated heterocycles. The summed E-state index contributed by atoms with van der Waals surface area (Å²) in [4.78, 5) is 11.2. The zero-order chi connectivity index (χ0) is 11.5. The first-order valence-corrected chi connectivity index (χ1v) is 5.92. The average molecular weight is 220 g/mol. The van der Waals surface area contributed by atoms with Gasteiger partial charge in [-0.3, -0.25) is 0 Å². The van der Waals surface area contributed by atoms with Gasteiger partial charge in [0, 0.05) is 31.0 Å². The van der Waals surface area contributed by atoms with Crippen LogP contribution in [0.4, 0.5) is 5.95 Å². The highest BCUT2D eigenvalue weighted by molar-refractivity contribution is 5.32. The smallest absolute Gasteiger partial charge is 0.225 e. The fourth-order valence-corrected chi connectivity index (χ4v) is 2.19. The fraction of sp³-hybridized carbons (Fsp3) is 0.667. The molecule has 2 heterocycles. The molecule has 88 valence electrons. The molecule has 0 unspecified atom stereocenters. The maximum Gasteiger partial charge on any atom is 0.225 e. The summed E-state index contributed by atoms with van der Waals surface area (Å²) >= 11 is 0. The summed E-state index contributed by atoms with van der Waals surface area (Å²) in [5.41, 5.74) is 2.08. The predicted molar refractivity (Wildman–Crippen MR) is 65.8 cm³/mol. The Kier molecular flexibility index (Phi) is 3.39. The van der Waals surface area contributed by atoms with Gasteiger partial charge in [0.1, 0.15) is 0 Å². The van der Waals surface area contributed by atoms with E-state index in [-0.39, 0.29) is 0 Å². The normalized spacial score (nSPS) is 20.8. The minimum atomic E-state index is 0.523. The van der Waals surface area contributed by atoms with E-state index in [1.165, 1.54) is 12.8 Å². The van der Waals surface area contributed by atoms with Gasteiger partial charge >= 0.3 is 0 Å². The van der Waals surface area contributed by atoms with Crippen LogP contribution in [0.5, 0.6) is 0 Å². The highest BCUT2D eigenvalue weighted by Crippen LogP contribution is 2.15. The second kappa shape index (κ2) is 4.78. The van der Waals surface area contributed by atoms with Gasteiger partial charge in [0.25, 0.3) is 0 Å². The van der Waals surface area contributed by atoms with Crippen molar-refractivity contribution in [2.24, 2.45) is 0 Å². The minimum Gasteiger partial charge on any atom is -0.340 e. The van der Waals surface area contributed by atoms with Crippen molar-refractivity contribution in [1.82, 2.24) is 15.3 Å². The fourth-order valence-electron chi connectivity index (χ4n) is 2.19. The third-order valence-corrected chi connectivity index (χ3v) is 3.10. The zero-order valence-corrected chi connectivity index (χ0v) is 10.3. The Morgan fingerprint density at radius 1 is 1.31 bits per heavy atom. The van der Waals surface area contributed by atoms with Gasteiger partial charge in [0.15, 0.2) is 0 Å². The lowest BCUT2D eigenvalue weighted by Crippen LogP contribution is -2.45. The molecule has 1 fully saturated rings. The van der Waals surface area contributed by atoms with E-state index >= 15 is 0 Å². The van der Waals surface area contributed by atoms with Crippen LogP contribution in [-0.4, -0.2) is 36.1 Å². The lowest BCUT2D eigenvalue weighted by atomic mass is 10.1. The molecule has 4 heteroatoms. The lowest BCUT2D eigenvalue weighted by molar-refractivity contribution is 0.441. The SMILES string of the molecule is Cc1cc(C)nc(N(C)[C@@H]2CCCNC2)n1. The van der Waals surface area contributed by atoms with Crippen LogP contribution in [-0.2, 0) is 0 Å². The molecule has 4 nitrogen and oxygen atoms in total. The van der Waals surface area contributed by atoms with E-state index in [0.29, 0.717) is 6.04 Å². The zero-order valence-electron chi connectivity index (χ0n) is 10.3. The first kappa shape index (κ1) is 11.3. The summed E-state index contributed by atoms with van der Waals surface area (Å²) in [6, 6.07) is 2.53. The molecule has 0 saturated carbocycles. The highest BCUT2D eigenvalue weighted by Gasteiger charge is 2.19. The van der Waals surface area contributed by atoms with Crippen molar-refractivity contribution in [2.75, 3.05) is 25.0 Å². The van der Waals surface area contributed by atoms with Crippen LogP contribution < -0.4 is 10.2 Å². The Labute approximate surface area is 97.1 Å². The third-order valence-electron chi connectivity index (χ3n) is 3.10. The van der Waals surface area contributed by atoms with E-state index in [4.69, 9.17) is 0 Å². The molecule has 16 heavy (non-hydrogen) atoms. The molecule has 1 aromatic heterocycles. The second-order valence-corrected chi connectivity index (χ2v) is 4.56. The molecule has 1 aliphatic heterocycles. The Balaban J connectivity index is 2.15. The molecule has 1 aromatic rings. The maximum atomic E-state index is 4.50. The van der Waals surface area contributed by atoms with E-state index in [2.05, 4.69) is 27.2 Å². The number of likely N-dealkylation sites (N-methyl/N-ethyl adjacent to an activating group) is 1. The van der Waals surface area contributed by atoms with Crippen molar-refractivity contribution in [3.63, 3.8) is 0 Å². The van der Waals surface area contributed by atoms with Crippen molar-refractivity contribution in [3.8, 4) is 0 Å². The Hall–Kier alpha value is -1.16. The van der Waals surface area contributed by atoms with Crippen molar-refractivity contribution < 1.29 is 0 Å². The van der Waals surface area contributed by atoms with Gasteiger partial charge in [-0.1, -0.05) is 0 Å². The molecule has 2 rings (SSSR count). The number of anilines is 1. The first-order chi connectivity index (χ1) is 7.66. The highest BCUT2D eigenvalue weighted by atomic mass is 15.3. The van der Waals surface area contributed by atoms with Crippen molar-refractivity contribution in [2.45, 2.75) is 32.7 Å². The van der Waals surface area contributed by atoms with Crippen molar-refractivity contribution in [3.05, 3.63) is 17.5 Å². The van der Waals surface area contributed by atoms with Crippen LogP contribution in [0.1, 0.15) is 24.2 Å². The van der Waals surface area contributed by atoms with Gasteiger partial charge in [-0.15, -0.1) is 0 Å². The number of nitrogens with zero attached hydrogens (tertiary/aromatic N) is 3. The molecule has 0 radical (unpaired) electrons. The number of aromatic nitrogens is 2. The number of nitrogens with one attached hydrogen (secondary N) is 1. The van der Waals surface area contributed by atoms with E-state index in [0.717, 1.165) is 30.4 Å². The largest absolute Gasteiger partial charge is 0.340 e. The quantitative estimate of drug-likeness (QED) is 0.815. The van der Waals surface area contributed by atoms with Crippen LogP contribution in [0.15, 0.2) is 6.07 Å². The van der Waals surface area contributed by atoms with E-state index in [1.807, 2.05) is 19.9 Å². The summed E-state index contributed by atoms with van der Waals surface area (Å²) in [6.45, 7) is 6.21. The average Bonchev–Trinajstić information content (AvgIpc) is 2.28. The molecule has 0 aromatic carbocycles. The molecule has 0 aliphatic carbocycles. The number of hydrogen-bond donors (Lipinski definition) is 1. The van der Waals surface area contributed by atoms with Crippen LogP contribution in [0, 0.1) is 13.8 Å². The number of rotatable bonds is 2. The molecule has 0 amide bonds. The Bertz CT molecular complexity index is 338. The van der Waals surface area contributed by atoms with Gasteiger partial charge in [0.05, 0.1) is 0 Å². The Morgan fingerprint density at radius 2 is 2.00 bits per heavy atom. The summed E-state index contributed by atoms with van der Waals surface area (Å²) in [5, 5.41) is 3.42.